The lowest BCUT2D eigenvalue weighted by molar-refractivity contribution is -0.114. The number of halogens is 1. The molecule has 0 bridgehead atoms. The average Bonchev–Trinajstić information content (AvgIpc) is 2.73. The van der Waals surface area contributed by atoms with Gasteiger partial charge in [0.05, 0.1) is 0 Å². The molecule has 0 aliphatic rings. The normalized spacial score (nSPS) is 11.1. The molecule has 17 heavy (non-hydrogen) atoms. The van der Waals surface area contributed by atoms with Gasteiger partial charge in [0.15, 0.2) is 0 Å². The summed E-state index contributed by atoms with van der Waals surface area (Å²) >= 11 is 6.17. The molecule has 1 aromatic rings. The first kappa shape index (κ1) is 13.3. The summed E-state index contributed by atoms with van der Waals surface area (Å²) in [7, 11) is 1.26. The zero-order valence-electron chi connectivity index (χ0n) is 8.64. The topological polar surface area (TPSA) is 120 Å². The number of carbonyl (C=O) groups is 2. The lowest BCUT2D eigenvalue weighted by Crippen LogP contribution is -2.25. The Morgan fingerprint density at radius 1 is 1.65 bits per heavy atom. The zero-order chi connectivity index (χ0) is 12.8. The molecule has 0 aromatic carbocycles. The molecule has 0 spiro atoms. The fourth-order valence-electron chi connectivity index (χ4n) is 0.810. The molecule has 10 heteroatoms. The third-order valence-corrected chi connectivity index (χ3v) is 2.29. The summed E-state index contributed by atoms with van der Waals surface area (Å²) in [4.78, 5) is 30.3. The molecule has 3 N–H and O–H groups in total. The highest BCUT2D eigenvalue weighted by Crippen LogP contribution is 2.11. The van der Waals surface area contributed by atoms with E-state index in [1.807, 2.05) is 0 Å². The highest BCUT2D eigenvalue weighted by Gasteiger charge is 2.18. The van der Waals surface area contributed by atoms with Gasteiger partial charge in [-0.3, -0.25) is 14.9 Å². The minimum Gasteiger partial charge on any atom is -0.398 e. The Kier molecular flexibility index (Phi) is 4.79. The van der Waals surface area contributed by atoms with E-state index in [4.69, 9.17) is 17.3 Å². The molecule has 0 aliphatic carbocycles. The number of carbonyl (C=O) groups excluding carboxylic acids is 2. The number of hydrogen-bond acceptors (Lipinski definition) is 7. The van der Waals surface area contributed by atoms with E-state index in [1.54, 1.807) is 0 Å². The molecule has 92 valence electrons. The predicted molar refractivity (Wildman–Crippen MR) is 62.0 cm³/mol. The van der Waals surface area contributed by atoms with Gasteiger partial charge in [-0.2, -0.15) is 9.36 Å². The van der Waals surface area contributed by atoms with Crippen molar-refractivity contribution in [2.45, 2.75) is 0 Å². The van der Waals surface area contributed by atoms with Crippen LogP contribution in [0.25, 0.3) is 0 Å². The Labute approximate surface area is 105 Å². The fourth-order valence-corrected chi connectivity index (χ4v) is 1.46. The quantitative estimate of drug-likeness (QED) is 0.429. The standard InChI is InChI=1S/C7H8ClN5O3S/c1-16-12-4(5(9)15)6-11-7(17-13-6)10-3(14)2-8/h2H2,1H3,(H2,9,15)(H,10,11,13,14). The van der Waals surface area contributed by atoms with Gasteiger partial charge in [-0.1, -0.05) is 5.16 Å². The molecule has 0 saturated heterocycles. The molecule has 1 rings (SSSR count). The van der Waals surface area contributed by atoms with Crippen LogP contribution in [0, 0.1) is 0 Å². The van der Waals surface area contributed by atoms with Crippen LogP contribution in [-0.4, -0.2) is 39.9 Å². The van der Waals surface area contributed by atoms with Gasteiger partial charge in [0.2, 0.25) is 22.6 Å². The van der Waals surface area contributed by atoms with E-state index in [0.717, 1.165) is 11.5 Å². The first-order chi connectivity index (χ1) is 8.08. The molecule has 1 heterocycles. The number of alkyl halides is 1. The summed E-state index contributed by atoms with van der Waals surface area (Å²) in [6.45, 7) is 0. The summed E-state index contributed by atoms with van der Waals surface area (Å²) in [6.07, 6.45) is 0. The lowest BCUT2D eigenvalue weighted by Gasteiger charge is -1.96. The van der Waals surface area contributed by atoms with Gasteiger partial charge in [0, 0.05) is 11.5 Å². The van der Waals surface area contributed by atoms with Crippen molar-refractivity contribution in [3.05, 3.63) is 5.82 Å². The molecule has 0 saturated carbocycles. The van der Waals surface area contributed by atoms with Crippen LogP contribution in [0.15, 0.2) is 5.16 Å². The van der Waals surface area contributed by atoms with Crippen molar-refractivity contribution in [3.63, 3.8) is 0 Å². The Morgan fingerprint density at radius 2 is 2.35 bits per heavy atom. The monoisotopic (exact) mass is 277 g/mol. The fraction of sp³-hybridized carbons (Fsp3) is 0.286. The second-order valence-electron chi connectivity index (χ2n) is 2.59. The van der Waals surface area contributed by atoms with Crippen LogP contribution >= 0.6 is 23.1 Å². The maximum absolute atomic E-state index is 11.0. The van der Waals surface area contributed by atoms with Gasteiger partial charge < -0.3 is 10.6 Å². The summed E-state index contributed by atoms with van der Waals surface area (Å²) in [6, 6.07) is 0. The number of nitrogens with one attached hydrogen (secondary N) is 1. The molecule has 8 nitrogen and oxygen atoms in total. The Balaban J connectivity index is 2.89. The van der Waals surface area contributed by atoms with Gasteiger partial charge in [-0.15, -0.1) is 11.6 Å². The summed E-state index contributed by atoms with van der Waals surface area (Å²) in [5, 5.41) is 5.96. The molecule has 2 amide bonds. The van der Waals surface area contributed by atoms with E-state index in [-0.39, 0.29) is 22.5 Å². The summed E-state index contributed by atoms with van der Waals surface area (Å²) in [5.41, 5.74) is 4.83. The Hall–Kier alpha value is -1.74. The number of aromatic nitrogens is 2. The molecule has 0 radical (unpaired) electrons. The van der Waals surface area contributed by atoms with Crippen molar-refractivity contribution in [2.75, 3.05) is 18.3 Å². The van der Waals surface area contributed by atoms with Gasteiger partial charge in [-0.25, -0.2) is 0 Å². The van der Waals surface area contributed by atoms with Crippen molar-refractivity contribution >= 4 is 45.8 Å². The minimum absolute atomic E-state index is 0.0192. The summed E-state index contributed by atoms with van der Waals surface area (Å²) < 4.78 is 3.80. The Morgan fingerprint density at radius 3 is 2.88 bits per heavy atom. The highest BCUT2D eigenvalue weighted by atomic mass is 35.5. The van der Waals surface area contributed by atoms with Crippen molar-refractivity contribution in [3.8, 4) is 0 Å². The smallest absolute Gasteiger partial charge is 0.274 e. The van der Waals surface area contributed by atoms with Gasteiger partial charge >= 0.3 is 0 Å². The first-order valence-corrected chi connectivity index (χ1v) is 5.50. The van der Waals surface area contributed by atoms with E-state index >= 15 is 0 Å². The number of hydrogen-bond donors (Lipinski definition) is 2. The second kappa shape index (κ2) is 6.11. The number of anilines is 1. The van der Waals surface area contributed by atoms with Crippen LogP contribution in [0.2, 0.25) is 0 Å². The number of nitrogens with zero attached hydrogens (tertiary/aromatic N) is 3. The predicted octanol–water partition coefficient (Wildman–Crippen LogP) is -0.449. The highest BCUT2D eigenvalue weighted by molar-refractivity contribution is 7.10. The van der Waals surface area contributed by atoms with Crippen molar-refractivity contribution < 1.29 is 14.4 Å². The first-order valence-electron chi connectivity index (χ1n) is 4.19. The molecule has 1 aromatic heterocycles. The molecule has 0 unspecified atom stereocenters. The van der Waals surface area contributed by atoms with E-state index in [1.165, 1.54) is 7.11 Å². The molecule has 0 atom stereocenters. The SMILES string of the molecule is CON=C(C(N)=O)c1nsc(NC(=O)CCl)n1. The van der Waals surface area contributed by atoms with Crippen molar-refractivity contribution in [1.29, 1.82) is 0 Å². The Bertz CT molecular complexity index is 460. The van der Waals surface area contributed by atoms with Gasteiger partial charge in [0.25, 0.3) is 5.91 Å². The summed E-state index contributed by atoms with van der Waals surface area (Å²) in [5.74, 6) is -1.49. The number of oxime groups is 1. The average molecular weight is 278 g/mol. The van der Waals surface area contributed by atoms with Crippen LogP contribution in [0.5, 0.6) is 0 Å². The van der Waals surface area contributed by atoms with Crippen molar-refractivity contribution in [2.24, 2.45) is 10.9 Å². The van der Waals surface area contributed by atoms with Gasteiger partial charge in [0.1, 0.15) is 13.0 Å². The molecular formula is C7H8ClN5O3S. The van der Waals surface area contributed by atoms with Crippen LogP contribution in [0.3, 0.4) is 0 Å². The largest absolute Gasteiger partial charge is 0.398 e. The lowest BCUT2D eigenvalue weighted by atomic mass is 10.3. The maximum atomic E-state index is 11.0. The molecule has 0 aliphatic heterocycles. The minimum atomic E-state index is -0.833. The van der Waals surface area contributed by atoms with E-state index < -0.39 is 11.8 Å². The molecular weight excluding hydrogens is 270 g/mol. The van der Waals surface area contributed by atoms with Crippen molar-refractivity contribution in [1.82, 2.24) is 9.36 Å². The van der Waals surface area contributed by atoms with Crippen LogP contribution in [-0.2, 0) is 14.4 Å². The number of nitrogens with two attached hydrogens (primary N) is 1. The third-order valence-electron chi connectivity index (χ3n) is 1.42. The van der Waals surface area contributed by atoms with E-state index in [0.29, 0.717) is 0 Å². The van der Waals surface area contributed by atoms with Gasteiger partial charge in [-0.05, 0) is 0 Å². The van der Waals surface area contributed by atoms with Crippen LogP contribution in [0.1, 0.15) is 5.82 Å². The number of amides is 2. The van der Waals surface area contributed by atoms with Crippen LogP contribution < -0.4 is 11.1 Å². The zero-order valence-corrected chi connectivity index (χ0v) is 10.2. The number of primary amides is 1. The third kappa shape index (κ3) is 3.64. The van der Waals surface area contributed by atoms with Crippen LogP contribution in [0.4, 0.5) is 5.13 Å². The number of rotatable bonds is 5. The second-order valence-corrected chi connectivity index (χ2v) is 3.61. The maximum Gasteiger partial charge on any atom is 0.274 e. The van der Waals surface area contributed by atoms with E-state index in [2.05, 4.69) is 24.7 Å². The molecule has 0 fully saturated rings. The van der Waals surface area contributed by atoms with E-state index in [9.17, 15) is 9.59 Å².